The third-order valence-electron chi connectivity index (χ3n) is 4.64. The van der Waals surface area contributed by atoms with Crippen LogP contribution < -0.4 is 4.74 Å². The van der Waals surface area contributed by atoms with Gasteiger partial charge in [0.2, 0.25) is 0 Å². The van der Waals surface area contributed by atoms with Crippen molar-refractivity contribution in [3.05, 3.63) is 41.9 Å². The Morgan fingerprint density at radius 2 is 2.08 bits per heavy atom. The second kappa shape index (κ2) is 6.19. The lowest BCUT2D eigenvalue weighted by Crippen LogP contribution is -2.34. The molecule has 1 fully saturated rings. The first-order chi connectivity index (χ1) is 12.2. The third-order valence-corrected chi connectivity index (χ3v) is 4.64. The van der Waals surface area contributed by atoms with E-state index in [0.717, 1.165) is 24.2 Å². The number of carbonyl (C=O) groups excluding carboxylic acids is 1. The molecule has 1 aliphatic carbocycles. The number of methoxy groups -OCH3 is 2. The first-order valence-corrected chi connectivity index (χ1v) is 8.19. The number of esters is 1. The summed E-state index contributed by atoms with van der Waals surface area (Å²) in [6.45, 7) is 0.596. The maximum absolute atomic E-state index is 12.2. The van der Waals surface area contributed by atoms with Gasteiger partial charge in [0.15, 0.2) is 11.5 Å². The maximum Gasteiger partial charge on any atom is 0.358 e. The fourth-order valence-corrected chi connectivity index (χ4v) is 3.30. The van der Waals surface area contributed by atoms with E-state index in [0.29, 0.717) is 24.0 Å². The Hall–Kier alpha value is -2.90. The molecule has 130 valence electrons. The van der Waals surface area contributed by atoms with E-state index in [1.165, 1.54) is 11.8 Å². The van der Waals surface area contributed by atoms with Gasteiger partial charge in [-0.3, -0.25) is 0 Å². The fraction of sp³-hybridized carbons (Fsp3) is 0.412. The van der Waals surface area contributed by atoms with Crippen LogP contribution in [0.15, 0.2) is 30.5 Å². The van der Waals surface area contributed by atoms with Crippen molar-refractivity contribution >= 4 is 11.7 Å². The molecule has 8 heteroatoms. The zero-order valence-electron chi connectivity index (χ0n) is 14.1. The molecule has 1 aromatic heterocycles. The predicted octanol–water partition coefficient (Wildman–Crippen LogP) is 1.62. The lowest BCUT2D eigenvalue weighted by atomic mass is 10.1. The van der Waals surface area contributed by atoms with Crippen molar-refractivity contribution in [2.75, 3.05) is 14.2 Å². The van der Waals surface area contributed by atoms with Gasteiger partial charge < -0.3 is 14.4 Å². The normalized spacial score (nSPS) is 19.2. The molecule has 1 unspecified atom stereocenters. The predicted molar refractivity (Wildman–Crippen MR) is 88.1 cm³/mol. The molecule has 0 amide bonds. The average Bonchev–Trinajstić information content (AvgIpc) is 3.36. The van der Waals surface area contributed by atoms with E-state index in [1.54, 1.807) is 13.3 Å². The van der Waals surface area contributed by atoms with Crippen LogP contribution in [-0.2, 0) is 16.1 Å². The van der Waals surface area contributed by atoms with Gasteiger partial charge in [0.25, 0.3) is 0 Å². The van der Waals surface area contributed by atoms with Crippen molar-refractivity contribution in [1.82, 2.24) is 25.1 Å². The van der Waals surface area contributed by atoms with Crippen LogP contribution in [0.4, 0.5) is 0 Å². The van der Waals surface area contributed by atoms with Gasteiger partial charge >= 0.3 is 5.97 Å². The number of carbonyl (C=O) groups is 1. The molecule has 4 rings (SSSR count). The smallest absolute Gasteiger partial charge is 0.358 e. The van der Waals surface area contributed by atoms with Crippen molar-refractivity contribution < 1.29 is 14.3 Å². The molecule has 25 heavy (non-hydrogen) atoms. The second-order valence-corrected chi connectivity index (χ2v) is 6.22. The Morgan fingerprint density at radius 1 is 1.28 bits per heavy atom. The zero-order valence-corrected chi connectivity index (χ0v) is 14.1. The number of tetrazole rings is 1. The van der Waals surface area contributed by atoms with E-state index in [9.17, 15) is 4.79 Å². The minimum Gasteiger partial charge on any atom is -0.496 e. The molecule has 1 aromatic carbocycles. The van der Waals surface area contributed by atoms with Crippen LogP contribution in [0.5, 0.6) is 5.75 Å². The van der Waals surface area contributed by atoms with E-state index in [-0.39, 0.29) is 6.04 Å². The first kappa shape index (κ1) is 15.6. The number of fused-ring (bicyclic) bond motifs is 1. The van der Waals surface area contributed by atoms with E-state index in [2.05, 4.69) is 20.4 Å². The van der Waals surface area contributed by atoms with Crippen LogP contribution in [-0.4, -0.2) is 45.3 Å². The molecule has 2 aromatic rings. The molecule has 0 bridgehead atoms. The van der Waals surface area contributed by atoms with Gasteiger partial charge in [-0.25, -0.2) is 4.79 Å². The second-order valence-electron chi connectivity index (χ2n) is 6.22. The Bertz CT molecular complexity index is 827. The summed E-state index contributed by atoms with van der Waals surface area (Å²) in [5.74, 6) is 1.51. The Balaban J connectivity index is 1.75. The van der Waals surface area contributed by atoms with Crippen molar-refractivity contribution in [3.8, 4) is 5.75 Å². The van der Waals surface area contributed by atoms with Crippen molar-refractivity contribution in [2.45, 2.75) is 25.4 Å². The molecule has 2 heterocycles. The van der Waals surface area contributed by atoms with Gasteiger partial charge in [-0.2, -0.15) is 4.68 Å². The highest BCUT2D eigenvalue weighted by Crippen LogP contribution is 2.46. The van der Waals surface area contributed by atoms with E-state index < -0.39 is 5.97 Å². The molecule has 1 saturated carbocycles. The summed E-state index contributed by atoms with van der Waals surface area (Å²) >= 11 is 0. The van der Waals surface area contributed by atoms with Crippen LogP contribution in [0.2, 0.25) is 0 Å². The molecule has 1 aliphatic heterocycles. The number of benzene rings is 1. The summed E-state index contributed by atoms with van der Waals surface area (Å²) in [5, 5.41) is 11.9. The van der Waals surface area contributed by atoms with Gasteiger partial charge in [-0.1, -0.05) is 18.2 Å². The van der Waals surface area contributed by atoms with Crippen LogP contribution in [0, 0.1) is 5.92 Å². The van der Waals surface area contributed by atoms with Crippen molar-refractivity contribution in [1.29, 1.82) is 0 Å². The van der Waals surface area contributed by atoms with Crippen LogP contribution in [0.1, 0.15) is 30.3 Å². The zero-order chi connectivity index (χ0) is 17.4. The highest BCUT2D eigenvalue weighted by molar-refractivity contribution is 6.09. The molecule has 0 spiro atoms. The largest absolute Gasteiger partial charge is 0.496 e. The third kappa shape index (κ3) is 2.73. The number of hydrogen-bond donors (Lipinski definition) is 0. The number of nitrogens with zero attached hydrogens (tertiary/aromatic N) is 5. The number of para-hydroxylation sites is 1. The first-order valence-electron chi connectivity index (χ1n) is 8.19. The highest BCUT2D eigenvalue weighted by atomic mass is 16.5. The van der Waals surface area contributed by atoms with Crippen LogP contribution in [0.25, 0.3) is 5.70 Å². The monoisotopic (exact) mass is 341 g/mol. The summed E-state index contributed by atoms with van der Waals surface area (Å²) in [6, 6.07) is 7.90. The molecule has 2 aliphatic rings. The Kier molecular flexibility index (Phi) is 3.87. The van der Waals surface area contributed by atoms with Gasteiger partial charge in [0.05, 0.1) is 20.3 Å². The van der Waals surface area contributed by atoms with Gasteiger partial charge in [0.1, 0.15) is 5.75 Å². The van der Waals surface area contributed by atoms with Crippen LogP contribution in [0.3, 0.4) is 0 Å². The maximum atomic E-state index is 12.2. The Morgan fingerprint density at radius 3 is 2.80 bits per heavy atom. The van der Waals surface area contributed by atoms with Crippen molar-refractivity contribution in [3.63, 3.8) is 0 Å². The van der Waals surface area contributed by atoms with Gasteiger partial charge in [0, 0.05) is 18.3 Å². The van der Waals surface area contributed by atoms with E-state index in [4.69, 9.17) is 9.47 Å². The molecule has 8 nitrogen and oxygen atoms in total. The topological polar surface area (TPSA) is 82.4 Å². The molecule has 0 saturated heterocycles. The SMILES string of the molecule is COC(=O)C1=CN(Cc2ccccc2OC)C(C2CC2)c2nnnn21. The fourth-order valence-electron chi connectivity index (χ4n) is 3.30. The lowest BCUT2D eigenvalue weighted by Gasteiger charge is -2.34. The molecule has 0 N–H and O–H groups in total. The summed E-state index contributed by atoms with van der Waals surface area (Å²) in [6.07, 6.45) is 4.05. The Labute approximate surface area is 145 Å². The highest BCUT2D eigenvalue weighted by Gasteiger charge is 2.43. The van der Waals surface area contributed by atoms with Crippen LogP contribution >= 0.6 is 0 Å². The van der Waals surface area contributed by atoms with E-state index in [1.807, 2.05) is 24.3 Å². The quantitative estimate of drug-likeness (QED) is 0.764. The summed E-state index contributed by atoms with van der Waals surface area (Å²) in [7, 11) is 3.01. The lowest BCUT2D eigenvalue weighted by molar-refractivity contribution is -0.134. The standard InChI is InChI=1S/C17H19N5O3/c1-24-14-6-4-3-5-12(14)9-21-10-13(17(23)25-2)22-16(18-19-20-22)15(21)11-7-8-11/h3-6,10-11,15H,7-9H2,1-2H3. The molecule has 1 atom stereocenters. The number of ether oxygens (including phenoxy) is 2. The summed E-state index contributed by atoms with van der Waals surface area (Å²) in [4.78, 5) is 14.3. The molecular formula is C17H19N5O3. The number of rotatable bonds is 5. The summed E-state index contributed by atoms with van der Waals surface area (Å²) < 4.78 is 11.9. The molecular weight excluding hydrogens is 322 g/mol. The average molecular weight is 341 g/mol. The van der Waals surface area contributed by atoms with E-state index >= 15 is 0 Å². The molecule has 0 radical (unpaired) electrons. The summed E-state index contributed by atoms with van der Waals surface area (Å²) in [5.41, 5.74) is 1.35. The van der Waals surface area contributed by atoms with Gasteiger partial charge in [-0.15, -0.1) is 5.10 Å². The minimum atomic E-state index is -0.465. The number of aromatic nitrogens is 4. The minimum absolute atomic E-state index is 0.0355. The van der Waals surface area contributed by atoms with Crippen molar-refractivity contribution in [2.24, 2.45) is 5.92 Å². The van der Waals surface area contributed by atoms with Gasteiger partial charge in [-0.05, 0) is 35.3 Å². The number of hydrogen-bond acceptors (Lipinski definition) is 7.